The average molecular weight is 265 g/mol. The number of aliphatic hydroxyl groups is 1. The summed E-state index contributed by atoms with van der Waals surface area (Å²) in [4.78, 5) is 2.35. The quantitative estimate of drug-likeness (QED) is 0.745. The Balaban J connectivity index is 2.83. The molecule has 1 aromatic rings. The second-order valence-electron chi connectivity index (χ2n) is 4.71. The molecular formula is C16H27NO2. The number of aliphatic hydroxyl groups excluding tert-OH is 1. The van der Waals surface area contributed by atoms with Crippen LogP contribution in [0.15, 0.2) is 24.3 Å². The molecule has 3 nitrogen and oxygen atoms in total. The third-order valence-electron chi connectivity index (χ3n) is 3.49. The lowest BCUT2D eigenvalue weighted by atomic mass is 10.1. The standard InChI is InChI=1S/C16H27NO2/c1-4-15(5-2)17(11-12-18)13-14-9-7-8-10-16(14)19-6-3/h7-10,15,18H,4-6,11-13H2,1-3H3. The predicted octanol–water partition coefficient (Wildman–Crippen LogP) is 3.07. The largest absolute Gasteiger partial charge is 0.494 e. The Bertz CT molecular complexity index is 350. The Labute approximate surface area is 117 Å². The van der Waals surface area contributed by atoms with Gasteiger partial charge < -0.3 is 9.84 Å². The second kappa shape index (κ2) is 8.94. The number of para-hydroxylation sites is 1. The van der Waals surface area contributed by atoms with Crippen molar-refractivity contribution in [1.82, 2.24) is 4.90 Å². The van der Waals surface area contributed by atoms with Crippen LogP contribution >= 0.6 is 0 Å². The van der Waals surface area contributed by atoms with E-state index in [9.17, 15) is 5.11 Å². The summed E-state index contributed by atoms with van der Waals surface area (Å²) in [5, 5.41) is 9.25. The molecule has 19 heavy (non-hydrogen) atoms. The van der Waals surface area contributed by atoms with E-state index < -0.39 is 0 Å². The highest BCUT2D eigenvalue weighted by atomic mass is 16.5. The summed E-state index contributed by atoms with van der Waals surface area (Å²) in [6.45, 7) is 8.84. The first-order chi connectivity index (χ1) is 9.26. The molecule has 0 heterocycles. The van der Waals surface area contributed by atoms with Crippen molar-refractivity contribution in [3.8, 4) is 5.75 Å². The Morgan fingerprint density at radius 3 is 2.42 bits per heavy atom. The van der Waals surface area contributed by atoms with Crippen molar-refractivity contribution < 1.29 is 9.84 Å². The molecule has 0 bridgehead atoms. The van der Waals surface area contributed by atoms with Crippen molar-refractivity contribution in [3.63, 3.8) is 0 Å². The van der Waals surface area contributed by atoms with Crippen LogP contribution in [0, 0.1) is 0 Å². The van der Waals surface area contributed by atoms with Gasteiger partial charge in [-0.3, -0.25) is 4.90 Å². The van der Waals surface area contributed by atoms with Crippen molar-refractivity contribution in [1.29, 1.82) is 0 Å². The molecule has 0 fully saturated rings. The zero-order chi connectivity index (χ0) is 14.1. The van der Waals surface area contributed by atoms with E-state index in [0.717, 1.165) is 25.1 Å². The molecule has 0 aliphatic carbocycles. The third-order valence-corrected chi connectivity index (χ3v) is 3.49. The number of ether oxygens (including phenoxy) is 1. The molecule has 3 heteroatoms. The van der Waals surface area contributed by atoms with Crippen LogP contribution in [0.3, 0.4) is 0 Å². The summed E-state index contributed by atoms with van der Waals surface area (Å²) in [6.07, 6.45) is 2.21. The number of rotatable bonds is 9. The van der Waals surface area contributed by atoms with Gasteiger partial charge in [0, 0.05) is 24.7 Å². The molecule has 0 amide bonds. The molecule has 0 aliphatic rings. The molecule has 0 unspecified atom stereocenters. The highest BCUT2D eigenvalue weighted by Gasteiger charge is 2.16. The monoisotopic (exact) mass is 265 g/mol. The minimum atomic E-state index is 0.202. The smallest absolute Gasteiger partial charge is 0.123 e. The van der Waals surface area contributed by atoms with E-state index in [1.807, 2.05) is 25.1 Å². The van der Waals surface area contributed by atoms with E-state index in [1.165, 1.54) is 5.56 Å². The van der Waals surface area contributed by atoms with Gasteiger partial charge in [0.15, 0.2) is 0 Å². The molecule has 0 spiro atoms. The first-order valence-corrected chi connectivity index (χ1v) is 7.32. The van der Waals surface area contributed by atoms with Crippen LogP contribution in [0.2, 0.25) is 0 Å². The second-order valence-corrected chi connectivity index (χ2v) is 4.71. The minimum Gasteiger partial charge on any atom is -0.494 e. The van der Waals surface area contributed by atoms with E-state index in [2.05, 4.69) is 24.8 Å². The van der Waals surface area contributed by atoms with Crippen molar-refractivity contribution in [2.45, 2.75) is 46.2 Å². The molecule has 0 atom stereocenters. The maximum absolute atomic E-state index is 9.25. The lowest BCUT2D eigenvalue weighted by Crippen LogP contribution is -2.36. The maximum atomic E-state index is 9.25. The number of nitrogens with zero attached hydrogens (tertiary/aromatic N) is 1. The maximum Gasteiger partial charge on any atom is 0.123 e. The fourth-order valence-corrected chi connectivity index (χ4v) is 2.47. The molecule has 1 aromatic carbocycles. The Hall–Kier alpha value is -1.06. The zero-order valence-corrected chi connectivity index (χ0v) is 12.4. The summed E-state index contributed by atoms with van der Waals surface area (Å²) in [7, 11) is 0. The van der Waals surface area contributed by atoms with Crippen molar-refractivity contribution >= 4 is 0 Å². The topological polar surface area (TPSA) is 32.7 Å². The number of benzene rings is 1. The average Bonchev–Trinajstić information content (AvgIpc) is 2.43. The molecule has 108 valence electrons. The molecule has 0 radical (unpaired) electrons. The predicted molar refractivity (Wildman–Crippen MR) is 79.5 cm³/mol. The van der Waals surface area contributed by atoms with Crippen LogP contribution in [0.1, 0.15) is 39.2 Å². The molecule has 0 saturated carbocycles. The summed E-state index contributed by atoms with van der Waals surface area (Å²) < 4.78 is 5.67. The van der Waals surface area contributed by atoms with Crippen LogP contribution in [0.4, 0.5) is 0 Å². The van der Waals surface area contributed by atoms with Gasteiger partial charge in [0.2, 0.25) is 0 Å². The van der Waals surface area contributed by atoms with E-state index >= 15 is 0 Å². The lowest BCUT2D eigenvalue weighted by Gasteiger charge is -2.30. The van der Waals surface area contributed by atoms with Gasteiger partial charge in [0.1, 0.15) is 5.75 Å². The van der Waals surface area contributed by atoms with Crippen molar-refractivity contribution in [2.75, 3.05) is 19.8 Å². The molecule has 0 saturated heterocycles. The Morgan fingerprint density at radius 1 is 1.16 bits per heavy atom. The molecular weight excluding hydrogens is 238 g/mol. The zero-order valence-electron chi connectivity index (χ0n) is 12.4. The van der Waals surface area contributed by atoms with Gasteiger partial charge >= 0.3 is 0 Å². The summed E-state index contributed by atoms with van der Waals surface area (Å²) in [5.74, 6) is 0.957. The molecule has 0 aromatic heterocycles. The Morgan fingerprint density at radius 2 is 1.84 bits per heavy atom. The lowest BCUT2D eigenvalue weighted by molar-refractivity contribution is 0.135. The fourth-order valence-electron chi connectivity index (χ4n) is 2.47. The number of hydrogen-bond acceptors (Lipinski definition) is 3. The molecule has 1 N–H and O–H groups in total. The summed E-state index contributed by atoms with van der Waals surface area (Å²) >= 11 is 0. The highest BCUT2D eigenvalue weighted by molar-refractivity contribution is 5.33. The third kappa shape index (κ3) is 4.84. The summed E-state index contributed by atoms with van der Waals surface area (Å²) in [6, 6.07) is 8.69. The van der Waals surface area contributed by atoms with Crippen LogP contribution in [0.5, 0.6) is 5.75 Å². The van der Waals surface area contributed by atoms with E-state index in [4.69, 9.17) is 4.74 Å². The van der Waals surface area contributed by atoms with Crippen molar-refractivity contribution in [2.24, 2.45) is 0 Å². The van der Waals surface area contributed by atoms with Gasteiger partial charge in [-0.1, -0.05) is 32.0 Å². The van der Waals surface area contributed by atoms with Crippen LogP contribution in [-0.2, 0) is 6.54 Å². The van der Waals surface area contributed by atoms with Crippen LogP contribution < -0.4 is 4.74 Å². The van der Waals surface area contributed by atoms with Gasteiger partial charge in [0.05, 0.1) is 13.2 Å². The van der Waals surface area contributed by atoms with Gasteiger partial charge in [-0.15, -0.1) is 0 Å². The normalized spacial score (nSPS) is 11.3. The Kier molecular flexibility index (Phi) is 7.53. The minimum absolute atomic E-state index is 0.202. The van der Waals surface area contributed by atoms with Gasteiger partial charge in [0.25, 0.3) is 0 Å². The van der Waals surface area contributed by atoms with E-state index in [0.29, 0.717) is 19.2 Å². The van der Waals surface area contributed by atoms with E-state index in [-0.39, 0.29) is 6.61 Å². The number of hydrogen-bond donors (Lipinski definition) is 1. The van der Waals surface area contributed by atoms with Crippen LogP contribution in [0.25, 0.3) is 0 Å². The van der Waals surface area contributed by atoms with Gasteiger partial charge in [-0.2, -0.15) is 0 Å². The van der Waals surface area contributed by atoms with Gasteiger partial charge in [-0.05, 0) is 25.8 Å². The van der Waals surface area contributed by atoms with Gasteiger partial charge in [-0.25, -0.2) is 0 Å². The highest BCUT2D eigenvalue weighted by Crippen LogP contribution is 2.22. The summed E-state index contributed by atoms with van der Waals surface area (Å²) in [5.41, 5.74) is 1.20. The first kappa shape index (κ1) is 16.0. The van der Waals surface area contributed by atoms with Crippen LogP contribution in [-0.4, -0.2) is 35.8 Å². The first-order valence-electron chi connectivity index (χ1n) is 7.32. The molecule has 0 aliphatic heterocycles. The molecule has 1 rings (SSSR count). The fraction of sp³-hybridized carbons (Fsp3) is 0.625. The van der Waals surface area contributed by atoms with Crippen molar-refractivity contribution in [3.05, 3.63) is 29.8 Å². The van der Waals surface area contributed by atoms with E-state index in [1.54, 1.807) is 0 Å². The SMILES string of the molecule is CCOc1ccccc1CN(CCO)C(CC)CC.